The molecule has 1 atom stereocenters. The van der Waals surface area contributed by atoms with Gasteiger partial charge in [0.15, 0.2) is 6.10 Å². The van der Waals surface area contributed by atoms with Gasteiger partial charge in [0.05, 0.1) is 11.3 Å². The number of nitrogens with one attached hydrogen (secondary N) is 1. The van der Waals surface area contributed by atoms with Crippen molar-refractivity contribution < 1.29 is 18.7 Å². The van der Waals surface area contributed by atoms with Crippen LogP contribution < -0.4 is 10.2 Å². The number of fused-ring (bicyclic) bond motifs is 1. The Labute approximate surface area is 151 Å². The maximum atomic E-state index is 13.7. The van der Waals surface area contributed by atoms with E-state index in [1.54, 1.807) is 42.3 Å². The Morgan fingerprint density at radius 2 is 1.96 bits per heavy atom. The number of amides is 1. The van der Waals surface area contributed by atoms with Crippen molar-refractivity contribution in [3.8, 4) is 0 Å². The Balaban J connectivity index is 1.46. The summed E-state index contributed by atoms with van der Waals surface area (Å²) < 4.78 is 18.9. The molecule has 0 unspecified atom stereocenters. The molecule has 5 nitrogen and oxygen atoms in total. The van der Waals surface area contributed by atoms with E-state index in [0.717, 1.165) is 5.56 Å². The van der Waals surface area contributed by atoms with Crippen LogP contribution >= 0.6 is 0 Å². The quantitative estimate of drug-likeness (QED) is 0.638. The van der Waals surface area contributed by atoms with Crippen molar-refractivity contribution >= 4 is 17.6 Å². The molecule has 1 heterocycles. The molecule has 1 N–H and O–H groups in total. The van der Waals surface area contributed by atoms with Crippen molar-refractivity contribution in [3.05, 3.63) is 65.5 Å². The number of halogens is 1. The molecule has 0 fully saturated rings. The van der Waals surface area contributed by atoms with Gasteiger partial charge in [-0.2, -0.15) is 0 Å². The number of carbonyl (C=O) groups excluding carboxylic acids is 2. The molecular weight excluding hydrogens is 335 g/mol. The van der Waals surface area contributed by atoms with Crippen LogP contribution in [-0.4, -0.2) is 38.1 Å². The summed E-state index contributed by atoms with van der Waals surface area (Å²) in [5.74, 6) is -1.04. The van der Waals surface area contributed by atoms with E-state index < -0.39 is 12.1 Å². The van der Waals surface area contributed by atoms with Crippen molar-refractivity contribution in [2.75, 3.05) is 25.0 Å². The van der Waals surface area contributed by atoms with Crippen molar-refractivity contribution in [2.45, 2.75) is 18.9 Å². The molecule has 0 radical (unpaired) electrons. The second-order valence-corrected chi connectivity index (χ2v) is 6.27. The molecule has 3 rings (SSSR count). The van der Waals surface area contributed by atoms with E-state index in [9.17, 15) is 14.0 Å². The molecule has 0 spiro atoms. The van der Waals surface area contributed by atoms with E-state index in [0.29, 0.717) is 37.2 Å². The third-order valence-electron chi connectivity index (χ3n) is 4.42. The molecule has 26 heavy (non-hydrogen) atoms. The van der Waals surface area contributed by atoms with Crippen LogP contribution in [0, 0.1) is 5.82 Å². The maximum absolute atomic E-state index is 13.7. The van der Waals surface area contributed by atoms with Gasteiger partial charge in [-0.15, -0.1) is 0 Å². The standard InChI is InChI=1S/C20H21FN2O3/c1-23(17-10-5-4-9-16(17)21)12-6-11-22-19(24)18-13-14-7-2-3-8-15(14)20(25)26-18/h2-5,7-10,18H,6,11-13H2,1H3,(H,22,24)/t18-/m0/s1. The van der Waals surface area contributed by atoms with Gasteiger partial charge in [-0.25, -0.2) is 9.18 Å². The molecule has 1 amide bonds. The lowest BCUT2D eigenvalue weighted by Gasteiger charge is -2.24. The average molecular weight is 356 g/mol. The highest BCUT2D eigenvalue weighted by molar-refractivity contribution is 5.95. The predicted molar refractivity (Wildman–Crippen MR) is 96.6 cm³/mol. The van der Waals surface area contributed by atoms with Crippen LogP contribution in [0.15, 0.2) is 48.5 Å². The van der Waals surface area contributed by atoms with Gasteiger partial charge in [0, 0.05) is 26.6 Å². The largest absolute Gasteiger partial charge is 0.448 e. The summed E-state index contributed by atoms with van der Waals surface area (Å²) in [5, 5.41) is 2.79. The highest BCUT2D eigenvalue weighted by Gasteiger charge is 2.30. The van der Waals surface area contributed by atoms with E-state index >= 15 is 0 Å². The molecule has 0 aliphatic carbocycles. The number of cyclic esters (lactones) is 1. The van der Waals surface area contributed by atoms with Crippen LogP contribution in [0.5, 0.6) is 0 Å². The normalized spacial score (nSPS) is 15.8. The van der Waals surface area contributed by atoms with E-state index in [-0.39, 0.29) is 11.7 Å². The van der Waals surface area contributed by atoms with Gasteiger partial charge in [-0.3, -0.25) is 4.79 Å². The summed E-state index contributed by atoms with van der Waals surface area (Å²) >= 11 is 0. The van der Waals surface area contributed by atoms with Crippen LogP contribution in [-0.2, 0) is 16.0 Å². The highest BCUT2D eigenvalue weighted by atomic mass is 19.1. The molecule has 0 bridgehead atoms. The fourth-order valence-corrected chi connectivity index (χ4v) is 3.00. The predicted octanol–water partition coefficient (Wildman–Crippen LogP) is 2.55. The van der Waals surface area contributed by atoms with Gasteiger partial charge in [-0.1, -0.05) is 30.3 Å². The summed E-state index contributed by atoms with van der Waals surface area (Å²) in [6, 6.07) is 13.7. The van der Waals surface area contributed by atoms with Crippen LogP contribution in [0.3, 0.4) is 0 Å². The third-order valence-corrected chi connectivity index (χ3v) is 4.42. The number of benzene rings is 2. The fourth-order valence-electron chi connectivity index (χ4n) is 3.00. The Kier molecular flexibility index (Phi) is 5.51. The summed E-state index contributed by atoms with van der Waals surface area (Å²) in [4.78, 5) is 26.0. The number of rotatable bonds is 6. The summed E-state index contributed by atoms with van der Waals surface area (Å²) in [7, 11) is 1.81. The fraction of sp³-hybridized carbons (Fsp3) is 0.300. The third kappa shape index (κ3) is 4.02. The molecule has 2 aromatic carbocycles. The Bertz CT molecular complexity index is 809. The minimum Gasteiger partial charge on any atom is -0.448 e. The van der Waals surface area contributed by atoms with E-state index in [2.05, 4.69) is 5.32 Å². The second kappa shape index (κ2) is 7.99. The second-order valence-electron chi connectivity index (χ2n) is 6.27. The topological polar surface area (TPSA) is 58.6 Å². The maximum Gasteiger partial charge on any atom is 0.339 e. The van der Waals surface area contributed by atoms with E-state index in [4.69, 9.17) is 4.74 Å². The zero-order chi connectivity index (χ0) is 18.5. The summed E-state index contributed by atoms with van der Waals surface area (Å²) in [6.07, 6.45) is 0.221. The molecule has 0 saturated carbocycles. The van der Waals surface area contributed by atoms with E-state index in [1.807, 2.05) is 12.1 Å². The lowest BCUT2D eigenvalue weighted by Crippen LogP contribution is -2.42. The highest BCUT2D eigenvalue weighted by Crippen LogP contribution is 2.20. The number of hydrogen-bond donors (Lipinski definition) is 1. The molecule has 136 valence electrons. The first-order chi connectivity index (χ1) is 12.6. The van der Waals surface area contributed by atoms with Gasteiger partial charge in [-0.05, 0) is 30.2 Å². The molecule has 0 aromatic heterocycles. The van der Waals surface area contributed by atoms with Crippen LogP contribution in [0.2, 0.25) is 0 Å². The number of para-hydroxylation sites is 1. The SMILES string of the molecule is CN(CCCNC(=O)[C@@H]1Cc2ccccc2C(=O)O1)c1ccccc1F. The van der Waals surface area contributed by atoms with E-state index in [1.165, 1.54) is 6.07 Å². The Morgan fingerprint density at radius 1 is 1.23 bits per heavy atom. The molecule has 6 heteroatoms. The summed E-state index contributed by atoms with van der Waals surface area (Å²) in [6.45, 7) is 1.02. The van der Waals surface area contributed by atoms with Crippen molar-refractivity contribution in [1.82, 2.24) is 5.32 Å². The zero-order valence-corrected chi connectivity index (χ0v) is 14.6. The smallest absolute Gasteiger partial charge is 0.339 e. The number of carbonyl (C=O) groups is 2. The van der Waals surface area contributed by atoms with Gasteiger partial charge < -0.3 is 15.0 Å². The lowest BCUT2D eigenvalue weighted by molar-refractivity contribution is -0.130. The monoisotopic (exact) mass is 356 g/mol. The minimum absolute atomic E-state index is 0.271. The van der Waals surface area contributed by atoms with Crippen LogP contribution in [0.1, 0.15) is 22.3 Å². The van der Waals surface area contributed by atoms with Crippen molar-refractivity contribution in [2.24, 2.45) is 0 Å². The van der Waals surface area contributed by atoms with Gasteiger partial charge in [0.1, 0.15) is 5.82 Å². The molecule has 0 saturated heterocycles. The van der Waals surface area contributed by atoms with Gasteiger partial charge >= 0.3 is 5.97 Å². The van der Waals surface area contributed by atoms with Crippen molar-refractivity contribution in [3.63, 3.8) is 0 Å². The van der Waals surface area contributed by atoms with Crippen molar-refractivity contribution in [1.29, 1.82) is 0 Å². The number of hydrogen-bond acceptors (Lipinski definition) is 4. The first-order valence-electron chi connectivity index (χ1n) is 8.58. The minimum atomic E-state index is -0.804. The number of anilines is 1. The first kappa shape index (κ1) is 17.9. The first-order valence-corrected chi connectivity index (χ1v) is 8.58. The Morgan fingerprint density at radius 3 is 2.77 bits per heavy atom. The number of ether oxygens (including phenoxy) is 1. The Hall–Kier alpha value is -2.89. The zero-order valence-electron chi connectivity index (χ0n) is 14.6. The van der Waals surface area contributed by atoms with Gasteiger partial charge in [0.2, 0.25) is 0 Å². The number of nitrogens with zero attached hydrogens (tertiary/aromatic N) is 1. The summed E-state index contributed by atoms with van der Waals surface area (Å²) in [5.41, 5.74) is 1.86. The lowest BCUT2D eigenvalue weighted by atomic mass is 9.98. The molecule has 2 aromatic rings. The van der Waals surface area contributed by atoms with Crippen LogP contribution in [0.4, 0.5) is 10.1 Å². The average Bonchev–Trinajstić information content (AvgIpc) is 2.65. The molecular formula is C20H21FN2O3. The molecule has 1 aliphatic heterocycles. The number of esters is 1. The molecule has 1 aliphatic rings. The van der Waals surface area contributed by atoms with Crippen LogP contribution in [0.25, 0.3) is 0 Å². The van der Waals surface area contributed by atoms with Gasteiger partial charge in [0.25, 0.3) is 5.91 Å².